The second-order valence-corrected chi connectivity index (χ2v) is 16.2. The predicted octanol–water partition coefficient (Wildman–Crippen LogP) is 12.7. The number of hydrogen-bond acceptors (Lipinski definition) is 5. The van der Waals surface area contributed by atoms with Crippen LogP contribution in [0.3, 0.4) is 0 Å². The van der Waals surface area contributed by atoms with E-state index >= 15 is 0 Å². The zero-order valence-electron chi connectivity index (χ0n) is 25.7. The van der Waals surface area contributed by atoms with Gasteiger partial charge in [-0.3, -0.25) is 0 Å². The smallest absolute Gasteiger partial charge is 0.263 e. The van der Waals surface area contributed by atoms with Gasteiger partial charge in [-0.05, 0) is 82.6 Å². The first kappa shape index (κ1) is 29.9. The van der Waals surface area contributed by atoms with E-state index in [0.29, 0.717) is 0 Å². The number of allylic oxidation sites excluding steroid dienone is 1. The fraction of sp³-hybridized carbons (Fsp3) is 0.211. The van der Waals surface area contributed by atoms with Crippen molar-refractivity contribution in [3.8, 4) is 15.8 Å². The van der Waals surface area contributed by atoms with Crippen molar-refractivity contribution in [3.63, 3.8) is 0 Å². The lowest BCUT2D eigenvalue weighted by atomic mass is 9.86. The highest BCUT2D eigenvalue weighted by Crippen LogP contribution is 2.46. The highest BCUT2D eigenvalue weighted by atomic mass is 32.1. The van der Waals surface area contributed by atoms with E-state index in [1.807, 2.05) is 23.5 Å². The molecule has 0 aliphatic heterocycles. The maximum atomic E-state index is 9.12. The molecule has 0 fully saturated rings. The normalized spacial score (nSPS) is 12.4. The van der Waals surface area contributed by atoms with Crippen LogP contribution < -0.4 is 4.90 Å². The Morgan fingerprint density at radius 1 is 0.705 bits per heavy atom. The van der Waals surface area contributed by atoms with E-state index in [9.17, 15) is 0 Å². The molecule has 3 heterocycles. The summed E-state index contributed by atoms with van der Waals surface area (Å²) in [5.74, 6) is 0. The van der Waals surface area contributed by atoms with Gasteiger partial charge in [-0.2, -0.15) is 0 Å². The first-order valence-corrected chi connectivity index (χ1v) is 17.0. The summed E-state index contributed by atoms with van der Waals surface area (Å²) in [5, 5.41) is 10.4. The highest BCUT2D eigenvalue weighted by Gasteiger charge is 2.20. The van der Waals surface area contributed by atoms with E-state index in [1.54, 1.807) is 28.7 Å². The molecule has 3 nitrogen and oxygen atoms in total. The Kier molecular flexibility index (Phi) is 7.72. The molecular formula is C38H33N3S3. The van der Waals surface area contributed by atoms with Crippen molar-refractivity contribution in [2.24, 2.45) is 0 Å². The van der Waals surface area contributed by atoms with Gasteiger partial charge < -0.3 is 4.90 Å². The molecule has 0 unspecified atom stereocenters. The van der Waals surface area contributed by atoms with Gasteiger partial charge in [-0.25, -0.2) is 10.1 Å². The van der Waals surface area contributed by atoms with E-state index in [1.165, 1.54) is 35.5 Å². The number of nitrogens with zero attached hydrogens (tertiary/aromatic N) is 3. The maximum absolute atomic E-state index is 9.12. The van der Waals surface area contributed by atoms with E-state index in [2.05, 4.69) is 130 Å². The summed E-state index contributed by atoms with van der Waals surface area (Å²) < 4.78 is 3.84. The Morgan fingerprint density at radius 3 is 1.84 bits per heavy atom. The summed E-state index contributed by atoms with van der Waals surface area (Å²) in [6.07, 6.45) is 1.66. The van der Waals surface area contributed by atoms with Gasteiger partial charge in [0.25, 0.3) is 5.70 Å². The van der Waals surface area contributed by atoms with Crippen molar-refractivity contribution in [1.82, 2.24) is 0 Å². The zero-order chi connectivity index (χ0) is 31.2. The Bertz CT molecular complexity index is 2020. The fourth-order valence-electron chi connectivity index (χ4n) is 5.26. The minimum Gasteiger partial charge on any atom is -0.310 e. The molecule has 0 saturated heterocycles. The van der Waals surface area contributed by atoms with Crippen LogP contribution in [-0.2, 0) is 10.8 Å². The summed E-state index contributed by atoms with van der Waals surface area (Å²) in [7, 11) is 0. The highest BCUT2D eigenvalue weighted by molar-refractivity contribution is 7.35. The first-order chi connectivity index (χ1) is 20.9. The molecule has 0 radical (unpaired) electrons. The Labute approximate surface area is 271 Å². The number of thiophene rings is 3. The quantitative estimate of drug-likeness (QED) is 0.141. The third-order valence-electron chi connectivity index (χ3n) is 7.75. The standard InChI is InChI=1S/C38H33N3S3/c1-37(2,3)24-8-12-27(13-9-24)41(28-14-10-25(11-15-28)38(4,5)6)29-16-18-31-33(21-29)43-35-22-34(44-36(31)35)32-19-17-30(42-32)20-26(23-39)40-7/h8-22H,1-6H3/b26-20-. The number of hydrogen-bond donors (Lipinski definition) is 0. The van der Waals surface area contributed by atoms with Gasteiger partial charge in [0.15, 0.2) is 0 Å². The predicted molar refractivity (Wildman–Crippen MR) is 193 cm³/mol. The lowest BCUT2D eigenvalue weighted by Crippen LogP contribution is -2.14. The summed E-state index contributed by atoms with van der Waals surface area (Å²) in [6.45, 7) is 20.7. The minimum atomic E-state index is 0.0942. The third-order valence-corrected chi connectivity index (χ3v) is 11.4. The SMILES string of the molecule is [C-]#[N+]/C(C#N)=C\c1ccc(-c2cc3sc4cc(N(c5ccc(C(C)(C)C)cc5)c5ccc(C(C)(C)C)cc5)ccc4c3s2)s1. The van der Waals surface area contributed by atoms with Crippen molar-refractivity contribution < 1.29 is 0 Å². The van der Waals surface area contributed by atoms with Gasteiger partial charge in [0.05, 0.1) is 17.3 Å². The average Bonchev–Trinajstić information content (AvgIpc) is 3.70. The molecule has 0 N–H and O–H groups in total. The van der Waals surface area contributed by atoms with Gasteiger partial charge in [0.2, 0.25) is 0 Å². The Hall–Kier alpha value is -4.20. The van der Waals surface area contributed by atoms with E-state index < -0.39 is 0 Å². The van der Waals surface area contributed by atoms with Crippen LogP contribution in [0, 0.1) is 17.9 Å². The fourth-order valence-corrected chi connectivity index (χ4v) is 8.84. The van der Waals surface area contributed by atoms with Gasteiger partial charge in [0, 0.05) is 46.5 Å². The summed E-state index contributed by atoms with van der Waals surface area (Å²) >= 11 is 5.25. The van der Waals surface area contributed by atoms with Crippen LogP contribution in [-0.4, -0.2) is 0 Å². The van der Waals surface area contributed by atoms with Crippen molar-refractivity contribution >= 4 is 76.6 Å². The van der Waals surface area contributed by atoms with E-state index in [-0.39, 0.29) is 16.5 Å². The number of fused-ring (bicyclic) bond motifs is 3. The molecule has 0 saturated carbocycles. The zero-order valence-corrected chi connectivity index (χ0v) is 28.2. The number of anilines is 3. The number of nitriles is 1. The molecular weight excluding hydrogens is 595 g/mol. The molecule has 3 aromatic heterocycles. The third kappa shape index (κ3) is 5.82. The topological polar surface area (TPSA) is 31.4 Å². The molecule has 6 heteroatoms. The monoisotopic (exact) mass is 627 g/mol. The van der Waals surface area contributed by atoms with E-state index in [4.69, 9.17) is 11.8 Å². The largest absolute Gasteiger partial charge is 0.310 e. The molecule has 6 aromatic rings. The Balaban J connectivity index is 1.40. The number of benzene rings is 3. The molecule has 6 rings (SSSR count). The maximum Gasteiger partial charge on any atom is 0.263 e. The lowest BCUT2D eigenvalue weighted by molar-refractivity contribution is 0.590. The molecule has 0 aliphatic carbocycles. The van der Waals surface area contributed by atoms with Gasteiger partial charge in [-0.15, -0.1) is 34.0 Å². The van der Waals surface area contributed by atoms with Crippen molar-refractivity contribution in [2.75, 3.05) is 4.90 Å². The molecule has 218 valence electrons. The van der Waals surface area contributed by atoms with E-state index in [0.717, 1.165) is 26.8 Å². The van der Waals surface area contributed by atoms with Crippen LogP contribution in [0.25, 0.3) is 40.2 Å². The van der Waals surface area contributed by atoms with Gasteiger partial charge >= 0.3 is 0 Å². The van der Waals surface area contributed by atoms with Crippen molar-refractivity contribution in [2.45, 2.75) is 52.4 Å². The molecule has 0 bridgehead atoms. The van der Waals surface area contributed by atoms with Crippen molar-refractivity contribution in [1.29, 1.82) is 5.26 Å². The summed E-state index contributed by atoms with van der Waals surface area (Å²) in [6, 6.07) is 33.1. The molecule has 3 aromatic carbocycles. The second-order valence-electron chi connectivity index (χ2n) is 13.0. The Morgan fingerprint density at radius 2 is 1.30 bits per heavy atom. The number of rotatable bonds is 5. The van der Waals surface area contributed by atoms with Crippen LogP contribution >= 0.6 is 34.0 Å². The van der Waals surface area contributed by atoms with Gasteiger partial charge in [0.1, 0.15) is 0 Å². The molecule has 0 aliphatic rings. The molecule has 0 spiro atoms. The average molecular weight is 628 g/mol. The van der Waals surface area contributed by atoms with Crippen molar-refractivity contribution in [3.05, 3.63) is 118 Å². The van der Waals surface area contributed by atoms with Crippen LogP contribution in [0.4, 0.5) is 17.1 Å². The second kappa shape index (κ2) is 11.4. The molecule has 0 atom stereocenters. The summed E-state index contributed by atoms with van der Waals surface area (Å²) in [5.41, 5.74) is 6.36. The molecule has 0 amide bonds. The van der Waals surface area contributed by atoms with Crippen LogP contribution in [0.2, 0.25) is 0 Å². The van der Waals surface area contributed by atoms with Gasteiger partial charge in [-0.1, -0.05) is 71.9 Å². The lowest BCUT2D eigenvalue weighted by Gasteiger charge is -2.28. The first-order valence-electron chi connectivity index (χ1n) is 14.5. The molecule has 44 heavy (non-hydrogen) atoms. The van der Waals surface area contributed by atoms with Crippen LogP contribution in [0.1, 0.15) is 57.5 Å². The van der Waals surface area contributed by atoms with Crippen LogP contribution in [0.5, 0.6) is 0 Å². The summed E-state index contributed by atoms with van der Waals surface area (Å²) in [4.78, 5) is 8.93. The van der Waals surface area contributed by atoms with Crippen LogP contribution in [0.15, 0.2) is 90.6 Å². The minimum absolute atomic E-state index is 0.0942.